The first kappa shape index (κ1) is 13.8. The number of halogens is 2. The smallest absolute Gasteiger partial charge is 0.298 e. The molecule has 0 unspecified atom stereocenters. The largest absolute Gasteiger partial charge is 0.299 e. The zero-order valence-corrected chi connectivity index (χ0v) is 11.9. The Hall–Kier alpha value is -2.20. The quantitative estimate of drug-likeness (QED) is 0.796. The minimum Gasteiger partial charge on any atom is -0.298 e. The van der Waals surface area contributed by atoms with E-state index in [0.29, 0.717) is 10.6 Å². The highest BCUT2D eigenvalue weighted by molar-refractivity contribution is 6.52. The van der Waals surface area contributed by atoms with Crippen LogP contribution in [0, 0.1) is 12.7 Å². The van der Waals surface area contributed by atoms with Gasteiger partial charge in [0.15, 0.2) is 0 Å². The van der Waals surface area contributed by atoms with E-state index in [1.54, 1.807) is 37.3 Å². The Morgan fingerprint density at radius 3 is 2.48 bits per heavy atom. The molecule has 0 aromatic heterocycles. The summed E-state index contributed by atoms with van der Waals surface area (Å²) in [6.07, 6.45) is 0. The van der Waals surface area contributed by atoms with Gasteiger partial charge >= 0.3 is 0 Å². The zero-order chi connectivity index (χ0) is 15.1. The second kappa shape index (κ2) is 4.97. The summed E-state index contributed by atoms with van der Waals surface area (Å²) in [5, 5.41) is 0.574. The van der Waals surface area contributed by atoms with Gasteiger partial charge in [-0.15, -0.1) is 0 Å². The highest BCUT2D eigenvalue weighted by Gasteiger charge is 2.38. The Kier molecular flexibility index (Phi) is 3.26. The minimum atomic E-state index is -0.704. The van der Waals surface area contributed by atoms with E-state index in [2.05, 4.69) is 0 Å². The molecule has 0 atom stereocenters. The van der Waals surface area contributed by atoms with Crippen LogP contribution in [0.15, 0.2) is 36.4 Å². The first-order valence-corrected chi connectivity index (χ1v) is 6.76. The number of fused-ring (bicyclic) bond motifs is 1. The fraction of sp³-hybridized carbons (Fsp3) is 0.125. The first-order valence-electron chi connectivity index (χ1n) is 6.38. The van der Waals surface area contributed by atoms with E-state index < -0.39 is 17.5 Å². The summed E-state index contributed by atoms with van der Waals surface area (Å²) in [6, 6.07) is 9.71. The molecule has 0 saturated heterocycles. The summed E-state index contributed by atoms with van der Waals surface area (Å²) in [7, 11) is 0. The first-order chi connectivity index (χ1) is 9.97. The number of carbonyl (C=O) groups excluding carboxylic acids is 2. The molecule has 5 heteroatoms. The van der Waals surface area contributed by atoms with Crippen molar-refractivity contribution in [3.05, 3.63) is 63.9 Å². The molecule has 2 aromatic rings. The number of hydrogen-bond acceptors (Lipinski definition) is 2. The van der Waals surface area contributed by atoms with Gasteiger partial charge in [-0.1, -0.05) is 23.7 Å². The Morgan fingerprint density at radius 2 is 1.81 bits per heavy atom. The lowest BCUT2D eigenvalue weighted by molar-refractivity contribution is -0.114. The summed E-state index contributed by atoms with van der Waals surface area (Å²) in [4.78, 5) is 25.2. The van der Waals surface area contributed by atoms with Gasteiger partial charge in [0.05, 0.1) is 17.8 Å². The SMILES string of the molecule is Cc1cc(F)c2c(c1)C(=O)C(=O)N2Cc1ccc(Cl)cc1. The molecule has 0 N–H and O–H groups in total. The lowest BCUT2D eigenvalue weighted by Crippen LogP contribution is -2.29. The molecule has 0 fully saturated rings. The van der Waals surface area contributed by atoms with Crippen LogP contribution in [0.1, 0.15) is 21.5 Å². The van der Waals surface area contributed by atoms with E-state index in [1.807, 2.05) is 0 Å². The number of Topliss-reactive ketones (excluding diaryl/α,β-unsaturated/α-hetero) is 1. The monoisotopic (exact) mass is 303 g/mol. The molecule has 0 spiro atoms. The van der Waals surface area contributed by atoms with Crippen molar-refractivity contribution in [2.45, 2.75) is 13.5 Å². The summed E-state index contributed by atoms with van der Waals surface area (Å²) < 4.78 is 14.1. The molecule has 2 aromatic carbocycles. The number of carbonyl (C=O) groups is 2. The van der Waals surface area contributed by atoms with Gasteiger partial charge in [-0.05, 0) is 42.3 Å². The fourth-order valence-corrected chi connectivity index (χ4v) is 2.57. The zero-order valence-electron chi connectivity index (χ0n) is 11.2. The number of rotatable bonds is 2. The van der Waals surface area contributed by atoms with Crippen molar-refractivity contribution in [1.82, 2.24) is 0 Å². The standard InChI is InChI=1S/C16H11ClFNO2/c1-9-6-12-14(13(18)7-9)19(16(21)15(12)20)8-10-2-4-11(17)5-3-10/h2-7H,8H2,1H3. The van der Waals surface area contributed by atoms with Crippen LogP contribution in [-0.2, 0) is 11.3 Å². The van der Waals surface area contributed by atoms with Crippen LogP contribution in [0.2, 0.25) is 5.02 Å². The van der Waals surface area contributed by atoms with Crippen LogP contribution in [0.25, 0.3) is 0 Å². The Bertz CT molecular complexity index is 756. The Labute approximate surface area is 125 Å². The number of nitrogens with zero attached hydrogens (tertiary/aromatic N) is 1. The molecule has 0 radical (unpaired) electrons. The average molecular weight is 304 g/mol. The number of aryl methyl sites for hydroxylation is 1. The molecular formula is C16H11ClFNO2. The van der Waals surface area contributed by atoms with Crippen LogP contribution in [0.5, 0.6) is 0 Å². The lowest BCUT2D eigenvalue weighted by atomic mass is 10.1. The van der Waals surface area contributed by atoms with Crippen LogP contribution in [-0.4, -0.2) is 11.7 Å². The van der Waals surface area contributed by atoms with Gasteiger partial charge in [0, 0.05) is 5.02 Å². The molecule has 0 saturated carbocycles. The molecular weight excluding hydrogens is 293 g/mol. The van der Waals surface area contributed by atoms with E-state index in [0.717, 1.165) is 5.56 Å². The van der Waals surface area contributed by atoms with E-state index >= 15 is 0 Å². The second-order valence-electron chi connectivity index (χ2n) is 4.99. The molecule has 1 aliphatic rings. The molecule has 106 valence electrons. The number of anilines is 1. The molecule has 0 bridgehead atoms. The fourth-order valence-electron chi connectivity index (χ4n) is 2.44. The third-order valence-electron chi connectivity index (χ3n) is 3.42. The molecule has 1 amide bonds. The molecule has 3 rings (SSSR count). The van der Waals surface area contributed by atoms with Crippen molar-refractivity contribution in [2.24, 2.45) is 0 Å². The van der Waals surface area contributed by atoms with E-state index in [-0.39, 0.29) is 17.8 Å². The summed E-state index contributed by atoms with van der Waals surface area (Å²) in [5.41, 5.74) is 1.58. The van der Waals surface area contributed by atoms with Crippen LogP contribution in [0.4, 0.5) is 10.1 Å². The maximum atomic E-state index is 14.1. The Balaban J connectivity index is 2.03. The molecule has 21 heavy (non-hydrogen) atoms. The van der Waals surface area contributed by atoms with Crippen molar-refractivity contribution in [2.75, 3.05) is 4.90 Å². The Morgan fingerprint density at radius 1 is 1.14 bits per heavy atom. The molecule has 1 aliphatic heterocycles. The maximum Gasteiger partial charge on any atom is 0.299 e. The van der Waals surface area contributed by atoms with Gasteiger partial charge in [0.2, 0.25) is 0 Å². The van der Waals surface area contributed by atoms with Gasteiger partial charge in [0.1, 0.15) is 5.82 Å². The number of benzene rings is 2. The predicted molar refractivity (Wildman–Crippen MR) is 78.1 cm³/mol. The topological polar surface area (TPSA) is 37.4 Å². The van der Waals surface area contributed by atoms with Gasteiger partial charge in [-0.25, -0.2) is 4.39 Å². The number of amides is 1. The number of hydrogen-bond donors (Lipinski definition) is 0. The summed E-state index contributed by atoms with van der Waals surface area (Å²) >= 11 is 5.81. The highest BCUT2D eigenvalue weighted by Crippen LogP contribution is 2.34. The lowest BCUT2D eigenvalue weighted by Gasteiger charge is -2.17. The van der Waals surface area contributed by atoms with Crippen LogP contribution < -0.4 is 4.90 Å². The second-order valence-corrected chi connectivity index (χ2v) is 5.43. The molecule has 0 aliphatic carbocycles. The third-order valence-corrected chi connectivity index (χ3v) is 3.67. The minimum absolute atomic E-state index is 0.0607. The van der Waals surface area contributed by atoms with Crippen LogP contribution >= 0.6 is 11.6 Å². The van der Waals surface area contributed by atoms with Gasteiger partial charge < -0.3 is 0 Å². The van der Waals surface area contributed by atoms with E-state index in [1.165, 1.54) is 11.0 Å². The van der Waals surface area contributed by atoms with Gasteiger partial charge in [-0.2, -0.15) is 0 Å². The number of ketones is 1. The van der Waals surface area contributed by atoms with Crippen molar-refractivity contribution in [3.63, 3.8) is 0 Å². The molecule has 3 nitrogen and oxygen atoms in total. The normalized spacial score (nSPS) is 13.8. The van der Waals surface area contributed by atoms with Crippen molar-refractivity contribution < 1.29 is 14.0 Å². The highest BCUT2D eigenvalue weighted by atomic mass is 35.5. The average Bonchev–Trinajstić information content (AvgIpc) is 2.67. The van der Waals surface area contributed by atoms with Crippen molar-refractivity contribution in [1.29, 1.82) is 0 Å². The van der Waals surface area contributed by atoms with E-state index in [9.17, 15) is 14.0 Å². The molecule has 1 heterocycles. The van der Waals surface area contributed by atoms with Crippen molar-refractivity contribution >= 4 is 29.0 Å². The van der Waals surface area contributed by atoms with Gasteiger partial charge in [-0.3, -0.25) is 14.5 Å². The van der Waals surface area contributed by atoms with Crippen molar-refractivity contribution in [3.8, 4) is 0 Å². The summed E-state index contributed by atoms with van der Waals surface area (Å²) in [6.45, 7) is 1.82. The maximum absolute atomic E-state index is 14.1. The predicted octanol–water partition coefficient (Wildman–Crippen LogP) is 3.52. The van der Waals surface area contributed by atoms with Gasteiger partial charge in [0.25, 0.3) is 11.7 Å². The van der Waals surface area contributed by atoms with E-state index in [4.69, 9.17) is 11.6 Å². The summed E-state index contributed by atoms with van der Waals surface area (Å²) in [5.74, 6) is -1.93. The third kappa shape index (κ3) is 2.32. The van der Waals surface area contributed by atoms with Crippen LogP contribution in [0.3, 0.4) is 0 Å².